The summed E-state index contributed by atoms with van der Waals surface area (Å²) in [4.78, 5) is 0. The molecule has 0 saturated heterocycles. The molecule has 1 heteroatoms. The topological polar surface area (TPSA) is 0 Å². The highest BCUT2D eigenvalue weighted by Gasteiger charge is 2.30. The summed E-state index contributed by atoms with van der Waals surface area (Å²) < 4.78 is 0. The van der Waals surface area contributed by atoms with Crippen molar-refractivity contribution < 1.29 is 0 Å². The summed E-state index contributed by atoms with van der Waals surface area (Å²) >= 11 is 0. The monoisotopic (exact) mass is 288 g/mol. The van der Waals surface area contributed by atoms with E-state index in [2.05, 4.69) is 40.4 Å². The summed E-state index contributed by atoms with van der Waals surface area (Å²) in [6.07, 6.45) is 11.8. The molecule has 0 aliphatic heterocycles. The molecule has 3 rings (SSSR count). The molecule has 0 nitrogen and oxygen atoms in total. The lowest BCUT2D eigenvalue weighted by molar-refractivity contribution is 0.165. The first-order valence-corrected chi connectivity index (χ1v) is 9.15. The van der Waals surface area contributed by atoms with Crippen molar-refractivity contribution in [1.29, 1.82) is 0 Å². The van der Waals surface area contributed by atoms with Gasteiger partial charge in [-0.1, -0.05) is 44.0 Å². The van der Waals surface area contributed by atoms with Gasteiger partial charge in [-0.15, -0.1) is 9.24 Å². The van der Waals surface area contributed by atoms with Crippen LogP contribution < -0.4 is 5.30 Å². The minimum Gasteiger partial charge on any atom is -0.106 e. The number of rotatable bonds is 2. The lowest BCUT2D eigenvalue weighted by Gasteiger charge is -2.37. The molecule has 1 aromatic rings. The average Bonchev–Trinajstić information content (AvgIpc) is 2.49. The molecular formula is C19H29P. The fourth-order valence-corrected chi connectivity index (χ4v) is 4.64. The number of benzene rings is 1. The van der Waals surface area contributed by atoms with Crippen molar-refractivity contribution in [3.05, 3.63) is 29.8 Å². The van der Waals surface area contributed by atoms with Crippen molar-refractivity contribution in [3.63, 3.8) is 0 Å². The van der Waals surface area contributed by atoms with E-state index in [-0.39, 0.29) is 0 Å². The normalized spacial score (nSPS) is 34.9. The van der Waals surface area contributed by atoms with Crippen LogP contribution in [0.15, 0.2) is 24.3 Å². The fourth-order valence-electron chi connectivity index (χ4n) is 4.45. The van der Waals surface area contributed by atoms with Gasteiger partial charge in [0.1, 0.15) is 0 Å². The average molecular weight is 288 g/mol. The Morgan fingerprint density at radius 3 is 1.80 bits per heavy atom. The molecule has 0 radical (unpaired) electrons. The van der Waals surface area contributed by atoms with Crippen LogP contribution in [0.2, 0.25) is 0 Å². The highest BCUT2D eigenvalue weighted by Crippen LogP contribution is 2.43. The van der Waals surface area contributed by atoms with Gasteiger partial charge in [-0.2, -0.15) is 0 Å². The van der Waals surface area contributed by atoms with E-state index in [0.29, 0.717) is 0 Å². The molecule has 1 atom stereocenters. The molecule has 0 aromatic heterocycles. The predicted octanol–water partition coefficient (Wildman–Crippen LogP) is 5.29. The van der Waals surface area contributed by atoms with Gasteiger partial charge in [0.25, 0.3) is 0 Å². The zero-order valence-corrected chi connectivity index (χ0v) is 14.0. The summed E-state index contributed by atoms with van der Waals surface area (Å²) in [7, 11) is 2.79. The molecule has 0 heterocycles. The third kappa shape index (κ3) is 3.45. The molecular weight excluding hydrogens is 259 g/mol. The van der Waals surface area contributed by atoms with Crippen molar-refractivity contribution in [1.82, 2.24) is 0 Å². The quantitative estimate of drug-likeness (QED) is 0.649. The second kappa shape index (κ2) is 6.61. The van der Waals surface area contributed by atoms with Crippen LogP contribution in [0, 0.1) is 17.8 Å². The van der Waals surface area contributed by atoms with Gasteiger partial charge in [0.15, 0.2) is 0 Å². The number of hydrogen-bond acceptors (Lipinski definition) is 0. The molecule has 2 fully saturated rings. The Hall–Kier alpha value is -0.350. The summed E-state index contributed by atoms with van der Waals surface area (Å²) in [6.45, 7) is 2.43. The first-order valence-electron chi connectivity index (χ1n) is 8.58. The van der Waals surface area contributed by atoms with E-state index in [0.717, 1.165) is 23.7 Å². The minimum atomic E-state index is 0.833. The van der Waals surface area contributed by atoms with Gasteiger partial charge >= 0.3 is 0 Å². The molecule has 0 amide bonds. The maximum Gasteiger partial charge on any atom is -0.0162 e. The van der Waals surface area contributed by atoms with Crippen LogP contribution in [0.25, 0.3) is 0 Å². The third-order valence-electron chi connectivity index (χ3n) is 5.91. The van der Waals surface area contributed by atoms with E-state index in [9.17, 15) is 0 Å². The van der Waals surface area contributed by atoms with Crippen LogP contribution in [-0.2, 0) is 0 Å². The first-order chi connectivity index (χ1) is 9.72. The Balaban J connectivity index is 1.53. The second-order valence-corrected chi connectivity index (χ2v) is 7.96. The summed E-state index contributed by atoms with van der Waals surface area (Å²) in [5.74, 6) is 3.92. The van der Waals surface area contributed by atoms with Crippen LogP contribution in [0.5, 0.6) is 0 Å². The smallest absolute Gasteiger partial charge is 0.0162 e. The van der Waals surface area contributed by atoms with Gasteiger partial charge in [-0.05, 0) is 73.1 Å². The Morgan fingerprint density at radius 1 is 0.750 bits per heavy atom. The van der Waals surface area contributed by atoms with Gasteiger partial charge in [-0.25, -0.2) is 0 Å². The van der Waals surface area contributed by atoms with Crippen LogP contribution >= 0.6 is 9.24 Å². The van der Waals surface area contributed by atoms with Crippen molar-refractivity contribution in [2.75, 3.05) is 0 Å². The van der Waals surface area contributed by atoms with E-state index < -0.39 is 0 Å². The molecule has 0 bridgehead atoms. The molecule has 110 valence electrons. The highest BCUT2D eigenvalue weighted by molar-refractivity contribution is 7.27. The van der Waals surface area contributed by atoms with Gasteiger partial charge < -0.3 is 0 Å². The zero-order chi connectivity index (χ0) is 13.9. The van der Waals surface area contributed by atoms with E-state index in [1.807, 2.05) is 0 Å². The molecule has 1 aromatic carbocycles. The van der Waals surface area contributed by atoms with Crippen molar-refractivity contribution in [2.45, 2.75) is 64.2 Å². The lowest BCUT2D eigenvalue weighted by Crippen LogP contribution is -2.24. The summed E-state index contributed by atoms with van der Waals surface area (Å²) in [5.41, 5.74) is 1.58. The van der Waals surface area contributed by atoms with E-state index in [1.54, 1.807) is 5.56 Å². The van der Waals surface area contributed by atoms with Crippen LogP contribution in [0.3, 0.4) is 0 Å². The lowest BCUT2D eigenvalue weighted by atomic mass is 9.68. The third-order valence-corrected chi connectivity index (χ3v) is 6.29. The molecule has 0 N–H and O–H groups in total. The zero-order valence-electron chi connectivity index (χ0n) is 12.9. The van der Waals surface area contributed by atoms with Crippen LogP contribution in [-0.4, -0.2) is 0 Å². The highest BCUT2D eigenvalue weighted by atomic mass is 31.0. The van der Waals surface area contributed by atoms with Gasteiger partial charge in [0.2, 0.25) is 0 Å². The largest absolute Gasteiger partial charge is 0.106 e. The molecule has 2 aliphatic carbocycles. The van der Waals surface area contributed by atoms with Crippen molar-refractivity contribution in [3.8, 4) is 0 Å². The fraction of sp³-hybridized carbons (Fsp3) is 0.684. The standard InChI is InChI=1S/C19H29P/c1-14-2-4-15(5-3-14)16-6-8-17(9-7-16)18-10-12-19(20)13-11-18/h10-17H,2-9,20H2,1H3. The minimum absolute atomic E-state index is 0.833. The summed E-state index contributed by atoms with van der Waals surface area (Å²) in [5, 5.41) is 1.30. The maximum atomic E-state index is 2.79. The Morgan fingerprint density at radius 2 is 1.25 bits per heavy atom. The first kappa shape index (κ1) is 14.6. The van der Waals surface area contributed by atoms with E-state index in [1.165, 1.54) is 56.7 Å². The molecule has 2 saturated carbocycles. The van der Waals surface area contributed by atoms with Crippen molar-refractivity contribution in [2.24, 2.45) is 17.8 Å². The van der Waals surface area contributed by atoms with E-state index >= 15 is 0 Å². The Labute approximate surface area is 126 Å². The Bertz CT molecular complexity index is 406. The second-order valence-electron chi connectivity index (χ2n) is 7.30. The van der Waals surface area contributed by atoms with Gasteiger partial charge in [0.05, 0.1) is 0 Å². The molecule has 1 unspecified atom stereocenters. The molecule has 0 spiro atoms. The maximum absolute atomic E-state index is 2.79. The van der Waals surface area contributed by atoms with Gasteiger partial charge in [0, 0.05) is 0 Å². The van der Waals surface area contributed by atoms with Crippen LogP contribution in [0.1, 0.15) is 69.8 Å². The Kier molecular flexibility index (Phi) is 4.82. The van der Waals surface area contributed by atoms with Crippen LogP contribution in [0.4, 0.5) is 0 Å². The molecule has 2 aliphatic rings. The summed E-state index contributed by atoms with van der Waals surface area (Å²) in [6, 6.07) is 9.18. The SMILES string of the molecule is CC1CCC(C2CCC(c3ccc(P)cc3)CC2)CC1. The number of hydrogen-bond donors (Lipinski definition) is 0. The van der Waals surface area contributed by atoms with Crippen molar-refractivity contribution >= 4 is 14.5 Å². The molecule has 20 heavy (non-hydrogen) atoms. The predicted molar refractivity (Wildman–Crippen MR) is 91.6 cm³/mol. The van der Waals surface area contributed by atoms with Gasteiger partial charge in [-0.3, -0.25) is 0 Å². The van der Waals surface area contributed by atoms with E-state index in [4.69, 9.17) is 0 Å².